The number of para-hydroxylation sites is 2. The van der Waals surface area contributed by atoms with E-state index in [0.717, 1.165) is 17.1 Å². The third-order valence-electron chi connectivity index (χ3n) is 11.7. The Labute approximate surface area is 329 Å². The zero-order valence-corrected chi connectivity index (χ0v) is 31.7. The molecule has 1 aliphatic rings. The molecule has 0 aliphatic heterocycles. The predicted octanol–water partition coefficient (Wildman–Crippen LogP) is 15.3. The summed E-state index contributed by atoms with van der Waals surface area (Å²) < 4.78 is 0. The van der Waals surface area contributed by atoms with Crippen molar-refractivity contribution in [1.29, 1.82) is 0 Å². The Balaban J connectivity index is 1.20. The first-order chi connectivity index (χ1) is 27.6. The lowest BCUT2D eigenvalue weighted by Crippen LogP contribution is -2.15. The molecule has 1 nitrogen and oxygen atoms in total. The summed E-state index contributed by atoms with van der Waals surface area (Å²) in [7, 11) is 0. The Morgan fingerprint density at radius 1 is 0.321 bits per heavy atom. The van der Waals surface area contributed by atoms with E-state index >= 15 is 0 Å². The minimum atomic E-state index is -0.0943. The molecule has 266 valence electrons. The maximum absolute atomic E-state index is 2.47. The van der Waals surface area contributed by atoms with Gasteiger partial charge >= 0.3 is 0 Å². The van der Waals surface area contributed by atoms with Gasteiger partial charge in [-0.2, -0.15) is 0 Å². The lowest BCUT2D eigenvalue weighted by Gasteiger charge is -2.31. The first kappa shape index (κ1) is 33.6. The van der Waals surface area contributed by atoms with E-state index in [4.69, 9.17) is 0 Å². The Hall–Kier alpha value is -6.96. The monoisotopic (exact) mass is 715 g/mol. The van der Waals surface area contributed by atoms with Crippen LogP contribution in [0.4, 0.5) is 17.1 Å². The first-order valence-corrected chi connectivity index (χ1v) is 19.5. The van der Waals surface area contributed by atoms with E-state index in [9.17, 15) is 0 Å². The molecule has 1 aliphatic carbocycles. The minimum Gasteiger partial charge on any atom is -0.309 e. The molecule has 9 aromatic carbocycles. The summed E-state index contributed by atoms with van der Waals surface area (Å²) in [5.74, 6) is 0. The summed E-state index contributed by atoms with van der Waals surface area (Å²) in [5, 5.41) is 2.50. The van der Waals surface area contributed by atoms with Crippen molar-refractivity contribution in [2.45, 2.75) is 19.3 Å². The van der Waals surface area contributed by atoms with Crippen LogP contribution in [0.1, 0.15) is 25.0 Å². The number of benzene rings is 9. The summed E-state index contributed by atoms with van der Waals surface area (Å²) in [6.45, 7) is 4.72. The molecule has 0 amide bonds. The summed E-state index contributed by atoms with van der Waals surface area (Å²) in [6.07, 6.45) is 0. The molecule has 0 unspecified atom stereocenters. The van der Waals surface area contributed by atoms with Gasteiger partial charge in [0.05, 0.1) is 11.4 Å². The number of hydrogen-bond donors (Lipinski definition) is 0. The predicted molar refractivity (Wildman–Crippen MR) is 238 cm³/mol. The van der Waals surface area contributed by atoms with Gasteiger partial charge in [0, 0.05) is 22.2 Å². The van der Waals surface area contributed by atoms with Crippen molar-refractivity contribution in [1.82, 2.24) is 0 Å². The van der Waals surface area contributed by atoms with Crippen LogP contribution >= 0.6 is 0 Å². The minimum absolute atomic E-state index is 0.0943. The van der Waals surface area contributed by atoms with Crippen molar-refractivity contribution in [3.8, 4) is 55.6 Å². The highest BCUT2D eigenvalue weighted by molar-refractivity contribution is 6.01. The van der Waals surface area contributed by atoms with Gasteiger partial charge in [0.1, 0.15) is 0 Å². The third-order valence-corrected chi connectivity index (χ3v) is 11.7. The first-order valence-electron chi connectivity index (χ1n) is 19.5. The normalized spacial score (nSPS) is 12.6. The summed E-state index contributed by atoms with van der Waals surface area (Å²) in [5.41, 5.74) is 18.3. The van der Waals surface area contributed by atoms with Crippen LogP contribution in [-0.2, 0) is 5.41 Å². The van der Waals surface area contributed by atoms with Gasteiger partial charge in [0.2, 0.25) is 0 Å². The van der Waals surface area contributed by atoms with Gasteiger partial charge in [0.15, 0.2) is 0 Å². The molecule has 0 bridgehead atoms. The highest BCUT2D eigenvalue weighted by atomic mass is 15.1. The van der Waals surface area contributed by atoms with Crippen LogP contribution in [0.5, 0.6) is 0 Å². The average Bonchev–Trinajstić information content (AvgIpc) is 3.50. The van der Waals surface area contributed by atoms with E-state index in [1.54, 1.807) is 0 Å². The maximum atomic E-state index is 2.47. The van der Waals surface area contributed by atoms with Crippen molar-refractivity contribution in [2.24, 2.45) is 0 Å². The smallest absolute Gasteiger partial charge is 0.0540 e. The number of fused-ring (bicyclic) bond motifs is 4. The zero-order valence-electron chi connectivity index (χ0n) is 31.7. The van der Waals surface area contributed by atoms with Crippen LogP contribution in [0, 0.1) is 0 Å². The van der Waals surface area contributed by atoms with Gasteiger partial charge in [0.25, 0.3) is 0 Å². The molecule has 0 spiro atoms. The van der Waals surface area contributed by atoms with Crippen LogP contribution in [0.2, 0.25) is 0 Å². The summed E-state index contributed by atoms with van der Waals surface area (Å²) >= 11 is 0. The molecular formula is C55H41N. The fraction of sp³-hybridized carbons (Fsp3) is 0.0545. The van der Waals surface area contributed by atoms with Crippen molar-refractivity contribution in [3.63, 3.8) is 0 Å². The molecule has 1 heteroatoms. The van der Waals surface area contributed by atoms with Gasteiger partial charge in [-0.25, -0.2) is 0 Å². The second kappa shape index (κ2) is 13.7. The van der Waals surface area contributed by atoms with Crippen molar-refractivity contribution in [3.05, 3.63) is 223 Å². The lowest BCUT2D eigenvalue weighted by atomic mass is 9.82. The molecule has 0 radical (unpaired) electrons. The van der Waals surface area contributed by atoms with Crippen molar-refractivity contribution < 1.29 is 0 Å². The molecule has 0 N–H and O–H groups in total. The number of anilines is 3. The van der Waals surface area contributed by atoms with E-state index < -0.39 is 0 Å². The van der Waals surface area contributed by atoms with E-state index in [1.807, 2.05) is 0 Å². The number of nitrogens with zero attached hydrogens (tertiary/aromatic N) is 1. The van der Waals surface area contributed by atoms with Crippen LogP contribution < -0.4 is 4.90 Å². The summed E-state index contributed by atoms with van der Waals surface area (Å²) in [6, 6.07) is 77.6. The zero-order chi connectivity index (χ0) is 37.6. The second-order valence-corrected chi connectivity index (χ2v) is 15.3. The molecule has 0 aromatic heterocycles. The largest absolute Gasteiger partial charge is 0.309 e. The molecule has 0 fully saturated rings. The Morgan fingerprint density at radius 3 is 1.57 bits per heavy atom. The van der Waals surface area contributed by atoms with E-state index in [1.165, 1.54) is 77.5 Å². The average molecular weight is 716 g/mol. The van der Waals surface area contributed by atoms with E-state index in [0.29, 0.717) is 0 Å². The molecule has 0 saturated carbocycles. The Kier molecular flexibility index (Phi) is 8.23. The maximum Gasteiger partial charge on any atom is 0.0540 e. The molecular weight excluding hydrogens is 675 g/mol. The highest BCUT2D eigenvalue weighted by Gasteiger charge is 2.37. The molecule has 0 heterocycles. The second-order valence-electron chi connectivity index (χ2n) is 15.3. The van der Waals surface area contributed by atoms with Gasteiger partial charge in [-0.3, -0.25) is 0 Å². The van der Waals surface area contributed by atoms with Crippen LogP contribution in [-0.4, -0.2) is 0 Å². The topological polar surface area (TPSA) is 3.24 Å². The fourth-order valence-electron chi connectivity index (χ4n) is 8.94. The lowest BCUT2D eigenvalue weighted by molar-refractivity contribution is 0.660. The molecule has 9 aromatic rings. The van der Waals surface area contributed by atoms with Gasteiger partial charge in [-0.05, 0) is 96.7 Å². The molecule has 56 heavy (non-hydrogen) atoms. The van der Waals surface area contributed by atoms with Crippen LogP contribution in [0.25, 0.3) is 66.4 Å². The van der Waals surface area contributed by atoms with Gasteiger partial charge in [-0.1, -0.05) is 196 Å². The fourth-order valence-corrected chi connectivity index (χ4v) is 8.94. The van der Waals surface area contributed by atoms with Gasteiger partial charge in [-0.15, -0.1) is 0 Å². The summed E-state index contributed by atoms with van der Waals surface area (Å²) in [4.78, 5) is 2.47. The quantitative estimate of drug-likeness (QED) is 0.159. The van der Waals surface area contributed by atoms with E-state index in [-0.39, 0.29) is 5.41 Å². The molecule has 0 atom stereocenters. The number of rotatable bonds is 7. The SMILES string of the molecule is CC1(C)c2ccccc2-c2c(-c3ccccc3N(c3ccc(-c4ccc5ccccc5c4)cc3)c3ccccc3-c3ccccc3-c3ccccc3)cccc21. The standard InChI is InChI=1S/C55H41N/c1-55(2)50-27-13-10-25-49(50)54-48(26-16-28-51(54)55)47-24-12-15-30-53(47)56(43-35-33-39(34-36-43)42-32-31-38-17-6-7-20-41(38)37-42)52-29-14-11-23-46(52)45-22-9-8-21-44(45)40-18-4-3-5-19-40/h3-37H,1-2H3. The van der Waals surface area contributed by atoms with Crippen LogP contribution in [0.3, 0.4) is 0 Å². The molecule has 10 rings (SSSR count). The third kappa shape index (κ3) is 5.63. The highest BCUT2D eigenvalue weighted by Crippen LogP contribution is 2.54. The van der Waals surface area contributed by atoms with Gasteiger partial charge < -0.3 is 4.90 Å². The molecule has 0 saturated heterocycles. The van der Waals surface area contributed by atoms with E-state index in [2.05, 4.69) is 231 Å². The van der Waals surface area contributed by atoms with Crippen LogP contribution in [0.15, 0.2) is 212 Å². The number of hydrogen-bond acceptors (Lipinski definition) is 1. The van der Waals surface area contributed by atoms with Crippen molar-refractivity contribution >= 4 is 27.8 Å². The Bertz CT molecular complexity index is 2880. The Morgan fingerprint density at radius 2 is 0.839 bits per heavy atom. The van der Waals surface area contributed by atoms with Crippen molar-refractivity contribution in [2.75, 3.05) is 4.90 Å².